The monoisotopic (exact) mass is 237 g/mol. The van der Waals surface area contributed by atoms with Crippen molar-refractivity contribution in [2.75, 3.05) is 27.8 Å². The fourth-order valence-corrected chi connectivity index (χ4v) is 1.80. The van der Waals surface area contributed by atoms with E-state index in [0.717, 1.165) is 11.1 Å². The van der Waals surface area contributed by atoms with Gasteiger partial charge in [0.1, 0.15) is 11.5 Å². The van der Waals surface area contributed by atoms with Crippen molar-refractivity contribution in [1.82, 2.24) is 5.32 Å². The zero-order valence-electron chi connectivity index (χ0n) is 11.0. The number of ether oxygens (including phenoxy) is 2. The number of likely N-dealkylation sites (N-methyl/N-ethyl adjacent to an activating group) is 1. The summed E-state index contributed by atoms with van der Waals surface area (Å²) in [7, 11) is 4.91. The molecule has 0 aliphatic heterocycles. The van der Waals surface area contributed by atoms with Crippen molar-refractivity contribution >= 4 is 5.78 Å². The van der Waals surface area contributed by atoms with Gasteiger partial charge in [-0.25, -0.2) is 0 Å². The molecule has 0 heterocycles. The summed E-state index contributed by atoms with van der Waals surface area (Å²) >= 11 is 0. The third-order valence-electron chi connectivity index (χ3n) is 2.85. The van der Waals surface area contributed by atoms with Crippen LogP contribution in [0.3, 0.4) is 0 Å². The molecule has 0 amide bonds. The van der Waals surface area contributed by atoms with E-state index in [2.05, 4.69) is 5.32 Å². The van der Waals surface area contributed by atoms with Crippen LogP contribution >= 0.6 is 0 Å². The van der Waals surface area contributed by atoms with E-state index in [1.807, 2.05) is 13.8 Å². The van der Waals surface area contributed by atoms with Crippen molar-refractivity contribution in [2.24, 2.45) is 0 Å². The first-order valence-corrected chi connectivity index (χ1v) is 5.46. The molecular weight excluding hydrogens is 218 g/mol. The maximum Gasteiger partial charge on any atom is 0.180 e. The van der Waals surface area contributed by atoms with Crippen LogP contribution in [-0.2, 0) is 0 Å². The molecule has 0 aromatic heterocycles. The van der Waals surface area contributed by atoms with E-state index in [4.69, 9.17) is 9.47 Å². The summed E-state index contributed by atoms with van der Waals surface area (Å²) in [5.74, 6) is 1.33. The summed E-state index contributed by atoms with van der Waals surface area (Å²) in [4.78, 5) is 12.0. The van der Waals surface area contributed by atoms with Gasteiger partial charge >= 0.3 is 0 Å². The largest absolute Gasteiger partial charge is 0.496 e. The van der Waals surface area contributed by atoms with Gasteiger partial charge in [-0.2, -0.15) is 0 Å². The van der Waals surface area contributed by atoms with Crippen LogP contribution in [-0.4, -0.2) is 33.6 Å². The molecule has 0 aliphatic rings. The normalized spacial score (nSPS) is 10.2. The Bertz CT molecular complexity index is 427. The second-order valence-electron chi connectivity index (χ2n) is 3.86. The van der Waals surface area contributed by atoms with E-state index in [0.29, 0.717) is 17.1 Å². The summed E-state index contributed by atoms with van der Waals surface area (Å²) in [6, 6.07) is 1.74. The smallest absolute Gasteiger partial charge is 0.180 e. The lowest BCUT2D eigenvalue weighted by Gasteiger charge is -2.16. The summed E-state index contributed by atoms with van der Waals surface area (Å²) in [6.45, 7) is 4.15. The second-order valence-corrected chi connectivity index (χ2v) is 3.86. The molecule has 1 aromatic carbocycles. The summed E-state index contributed by atoms with van der Waals surface area (Å²) in [5.41, 5.74) is 2.48. The molecule has 0 spiro atoms. The molecule has 94 valence electrons. The number of benzene rings is 1. The highest BCUT2D eigenvalue weighted by Crippen LogP contribution is 2.33. The molecule has 1 aromatic rings. The van der Waals surface area contributed by atoms with Crippen LogP contribution in [0.5, 0.6) is 11.5 Å². The SMILES string of the molecule is CNCC(=O)c1cc(OC)c(C)c(C)c1OC. The molecule has 1 rings (SSSR count). The third-order valence-corrected chi connectivity index (χ3v) is 2.85. The Morgan fingerprint density at radius 2 is 1.88 bits per heavy atom. The highest BCUT2D eigenvalue weighted by molar-refractivity contribution is 6.01. The van der Waals surface area contributed by atoms with E-state index in [1.165, 1.54) is 0 Å². The molecule has 4 heteroatoms. The third kappa shape index (κ3) is 2.58. The lowest BCUT2D eigenvalue weighted by molar-refractivity contribution is 0.0990. The predicted molar refractivity (Wildman–Crippen MR) is 67.3 cm³/mol. The Morgan fingerprint density at radius 1 is 1.24 bits per heavy atom. The zero-order chi connectivity index (χ0) is 13.0. The van der Waals surface area contributed by atoms with Crippen molar-refractivity contribution in [2.45, 2.75) is 13.8 Å². The van der Waals surface area contributed by atoms with Crippen molar-refractivity contribution in [3.63, 3.8) is 0 Å². The minimum Gasteiger partial charge on any atom is -0.496 e. The van der Waals surface area contributed by atoms with Crippen molar-refractivity contribution in [1.29, 1.82) is 0 Å². The topological polar surface area (TPSA) is 47.6 Å². The highest BCUT2D eigenvalue weighted by atomic mass is 16.5. The minimum absolute atomic E-state index is 0.00856. The Balaban J connectivity index is 3.37. The van der Waals surface area contributed by atoms with E-state index in [9.17, 15) is 4.79 Å². The first kappa shape index (κ1) is 13.5. The summed E-state index contributed by atoms with van der Waals surface area (Å²) in [5, 5.41) is 2.84. The molecule has 0 saturated carbocycles. The van der Waals surface area contributed by atoms with Crippen molar-refractivity contribution in [3.8, 4) is 11.5 Å². The maximum atomic E-state index is 12.0. The van der Waals surface area contributed by atoms with Gasteiger partial charge in [0.2, 0.25) is 0 Å². The molecule has 0 radical (unpaired) electrons. The fraction of sp³-hybridized carbons (Fsp3) is 0.462. The van der Waals surface area contributed by atoms with Crippen LogP contribution in [0.15, 0.2) is 6.07 Å². The van der Waals surface area contributed by atoms with E-state index in [-0.39, 0.29) is 12.3 Å². The van der Waals surface area contributed by atoms with Gasteiger partial charge in [0.05, 0.1) is 26.3 Å². The number of nitrogens with one attached hydrogen (secondary N) is 1. The van der Waals surface area contributed by atoms with Crippen LogP contribution in [0.4, 0.5) is 0 Å². The standard InChI is InChI=1S/C13H19NO3/c1-8-9(2)13(17-5)10(6-12(8)16-4)11(15)7-14-3/h6,14H,7H2,1-5H3. The number of hydrogen-bond donors (Lipinski definition) is 1. The first-order valence-electron chi connectivity index (χ1n) is 5.46. The van der Waals surface area contributed by atoms with Gasteiger partial charge in [-0.1, -0.05) is 0 Å². The van der Waals surface area contributed by atoms with Crippen LogP contribution < -0.4 is 14.8 Å². The molecule has 0 aliphatic carbocycles. The average Bonchev–Trinajstić information content (AvgIpc) is 2.32. The van der Waals surface area contributed by atoms with Gasteiger partial charge in [0.15, 0.2) is 5.78 Å². The van der Waals surface area contributed by atoms with Crippen LogP contribution in [0, 0.1) is 13.8 Å². The molecule has 0 unspecified atom stereocenters. The first-order chi connectivity index (χ1) is 8.06. The number of methoxy groups -OCH3 is 2. The number of carbonyl (C=O) groups is 1. The van der Waals surface area contributed by atoms with E-state index >= 15 is 0 Å². The van der Waals surface area contributed by atoms with E-state index < -0.39 is 0 Å². The maximum absolute atomic E-state index is 12.0. The Hall–Kier alpha value is -1.55. The van der Waals surface area contributed by atoms with Crippen molar-refractivity contribution in [3.05, 3.63) is 22.8 Å². The van der Waals surface area contributed by atoms with Gasteiger partial charge < -0.3 is 14.8 Å². The molecule has 0 bridgehead atoms. The molecular formula is C13H19NO3. The van der Waals surface area contributed by atoms with Gasteiger partial charge in [-0.3, -0.25) is 4.79 Å². The number of Topliss-reactive ketones (excluding diaryl/α,β-unsaturated/α-hetero) is 1. The second kappa shape index (κ2) is 5.68. The summed E-state index contributed by atoms with van der Waals surface area (Å²) < 4.78 is 10.6. The molecule has 0 fully saturated rings. The molecule has 0 atom stereocenters. The number of rotatable bonds is 5. The average molecular weight is 237 g/mol. The zero-order valence-corrected chi connectivity index (χ0v) is 11.0. The Kier molecular flexibility index (Phi) is 4.52. The van der Waals surface area contributed by atoms with Gasteiger partial charge in [-0.05, 0) is 38.1 Å². The lowest BCUT2D eigenvalue weighted by atomic mass is 10.00. The van der Waals surface area contributed by atoms with Crippen molar-refractivity contribution < 1.29 is 14.3 Å². The number of ketones is 1. The van der Waals surface area contributed by atoms with Crippen LogP contribution in [0.2, 0.25) is 0 Å². The van der Waals surface area contributed by atoms with Crippen LogP contribution in [0.25, 0.3) is 0 Å². The van der Waals surface area contributed by atoms with Gasteiger partial charge in [-0.15, -0.1) is 0 Å². The predicted octanol–water partition coefficient (Wildman–Crippen LogP) is 1.72. The Morgan fingerprint density at radius 3 is 2.35 bits per heavy atom. The molecule has 17 heavy (non-hydrogen) atoms. The van der Waals surface area contributed by atoms with Gasteiger partial charge in [0, 0.05) is 0 Å². The molecule has 1 N–H and O–H groups in total. The highest BCUT2D eigenvalue weighted by Gasteiger charge is 2.18. The molecule has 4 nitrogen and oxygen atoms in total. The van der Waals surface area contributed by atoms with E-state index in [1.54, 1.807) is 27.3 Å². The Labute approximate surface area is 102 Å². The van der Waals surface area contributed by atoms with Crippen LogP contribution in [0.1, 0.15) is 21.5 Å². The minimum atomic E-state index is -0.00856. The number of carbonyl (C=O) groups excluding carboxylic acids is 1. The fourth-order valence-electron chi connectivity index (χ4n) is 1.80. The number of hydrogen-bond acceptors (Lipinski definition) is 4. The molecule has 0 saturated heterocycles. The van der Waals surface area contributed by atoms with Gasteiger partial charge in [0.25, 0.3) is 0 Å². The quantitative estimate of drug-likeness (QED) is 0.792. The summed E-state index contributed by atoms with van der Waals surface area (Å²) in [6.07, 6.45) is 0. The lowest BCUT2D eigenvalue weighted by Crippen LogP contribution is -2.19.